The van der Waals surface area contributed by atoms with Crippen LogP contribution in [0.15, 0.2) is 12.2 Å². The highest BCUT2D eigenvalue weighted by molar-refractivity contribution is 7.47. The first kappa shape index (κ1) is 91.9. The molecule has 24 nitrogen and oxygen atoms in total. The molecule has 100 heavy (non-hydrogen) atoms. The fourth-order valence-corrected chi connectivity index (χ4v) is 14.2. The Bertz CT molecular complexity index is 2150. The summed E-state index contributed by atoms with van der Waals surface area (Å²) in [5.41, 5.74) is 0. The third kappa shape index (κ3) is 38.3. The fraction of sp³-hybridized carbons (Fsp3) is 0.933. The van der Waals surface area contributed by atoms with Crippen molar-refractivity contribution in [2.75, 3.05) is 26.4 Å². The Kier molecular flexibility index (Phi) is 50.7. The number of hydrogen-bond acceptors (Lipinski definition) is 23. The number of phosphoric acid groups is 1. The standard InChI is InChI=1S/C75H139O24P/c1-6-9-12-15-18-19-20-21-22-23-24-35-42-49-61(79)94-56(51-91-59(77)47-40-33-27-25-31-38-45-54(4)43-36-29-16-13-10-7-2)52-93-100(89,90)99-73-71(97-74-69(87)64(82)62(80)57(50-76)95-74)67(85)66(84)68(86)72(73)98-75-70(88)65(83)63(81)58(96-75)53-92-60(78)48-41-34-28-26-32-39-46-55(5)44-37-30-17-14-11-8-3/h21-22,54-58,62-76,80-88H,6-20,23-53H2,1-5H3,(H,89,90)/b22-21-. The monoisotopic (exact) mass is 1450 g/mol. The first-order valence-electron chi connectivity index (χ1n) is 39.3. The van der Waals surface area contributed by atoms with Gasteiger partial charge in [0, 0.05) is 19.3 Å². The average Bonchev–Trinajstić information content (AvgIpc) is 0.762. The van der Waals surface area contributed by atoms with Gasteiger partial charge in [-0.2, -0.15) is 0 Å². The highest BCUT2D eigenvalue weighted by Crippen LogP contribution is 2.49. The zero-order valence-electron chi connectivity index (χ0n) is 61.8. The lowest BCUT2D eigenvalue weighted by Gasteiger charge is -2.49. The van der Waals surface area contributed by atoms with E-state index in [0.29, 0.717) is 37.5 Å². The maximum Gasteiger partial charge on any atom is 0.472 e. The summed E-state index contributed by atoms with van der Waals surface area (Å²) in [4.78, 5) is 51.1. The molecule has 0 aromatic heterocycles. The van der Waals surface area contributed by atoms with Crippen molar-refractivity contribution in [1.82, 2.24) is 0 Å². The Balaban J connectivity index is 1.73. The Hall–Kier alpha value is -2.30. The number of aliphatic hydroxyl groups is 10. The average molecular weight is 1460 g/mol. The second kappa shape index (κ2) is 55.2. The summed E-state index contributed by atoms with van der Waals surface area (Å²) >= 11 is 0. The Morgan fingerprint density at radius 3 is 1.19 bits per heavy atom. The summed E-state index contributed by atoms with van der Waals surface area (Å²) in [7, 11) is -5.70. The lowest BCUT2D eigenvalue weighted by Crippen LogP contribution is -2.69. The Morgan fingerprint density at radius 2 is 0.760 bits per heavy atom. The highest BCUT2D eigenvalue weighted by atomic mass is 31.2. The van der Waals surface area contributed by atoms with Crippen molar-refractivity contribution >= 4 is 25.7 Å². The highest BCUT2D eigenvalue weighted by Gasteiger charge is 2.58. The SMILES string of the molecule is CCCCCCCC/C=C\CCCCCC(=O)OC(COC(=O)CCCCCCCCC(C)CCCCCCCC)COP(=O)(O)OC1C(OC2OC(CO)C(O)C(O)C2O)C(O)C(O)C(O)C1OC1OC(COC(=O)CCCCCCCCC(C)CCCCCCCC)C(O)C(O)C1O. The predicted molar refractivity (Wildman–Crippen MR) is 379 cm³/mol. The zero-order valence-corrected chi connectivity index (χ0v) is 62.7. The van der Waals surface area contributed by atoms with Gasteiger partial charge in [-0.15, -0.1) is 0 Å². The molecule has 3 fully saturated rings. The molecule has 1 saturated carbocycles. The normalized spacial score (nSPS) is 28.0. The minimum atomic E-state index is -5.70. The van der Waals surface area contributed by atoms with Crippen LogP contribution in [0.3, 0.4) is 0 Å². The van der Waals surface area contributed by atoms with Crippen LogP contribution in [-0.2, 0) is 61.2 Å². The van der Waals surface area contributed by atoms with Crippen LogP contribution in [0.1, 0.15) is 304 Å². The van der Waals surface area contributed by atoms with E-state index in [0.717, 1.165) is 89.9 Å². The molecule has 588 valence electrons. The lowest BCUT2D eigenvalue weighted by atomic mass is 9.84. The predicted octanol–water partition coefficient (Wildman–Crippen LogP) is 11.2. The number of unbranched alkanes of at least 4 members (excludes halogenated alkanes) is 29. The van der Waals surface area contributed by atoms with Crippen LogP contribution in [0.2, 0.25) is 0 Å². The molecule has 3 rings (SSSR count). The molecule has 0 amide bonds. The van der Waals surface area contributed by atoms with E-state index >= 15 is 0 Å². The zero-order chi connectivity index (χ0) is 73.5. The topological polar surface area (TPSA) is 374 Å². The van der Waals surface area contributed by atoms with Crippen LogP contribution in [0.4, 0.5) is 0 Å². The molecule has 20 atom stereocenters. The molecule has 0 radical (unpaired) electrons. The number of phosphoric ester groups is 1. The lowest BCUT2D eigenvalue weighted by molar-refractivity contribution is -0.360. The number of rotatable bonds is 60. The maximum absolute atomic E-state index is 14.4. The smallest absolute Gasteiger partial charge is 0.463 e. The number of carbonyl (C=O) groups is 3. The summed E-state index contributed by atoms with van der Waals surface area (Å²) in [6.07, 6.45) is 11.4. The van der Waals surface area contributed by atoms with Crippen molar-refractivity contribution in [2.45, 2.75) is 408 Å². The van der Waals surface area contributed by atoms with Gasteiger partial charge in [0.2, 0.25) is 0 Å². The molecular weight excluding hydrogens is 1320 g/mol. The van der Waals surface area contributed by atoms with Crippen LogP contribution in [0, 0.1) is 11.8 Å². The molecule has 2 aliphatic heterocycles. The van der Waals surface area contributed by atoms with Gasteiger partial charge < -0.3 is 89.1 Å². The van der Waals surface area contributed by atoms with E-state index in [1.54, 1.807) is 0 Å². The molecule has 0 aromatic carbocycles. The number of hydrogen-bond donors (Lipinski definition) is 11. The second-order valence-electron chi connectivity index (χ2n) is 29.0. The third-order valence-electron chi connectivity index (χ3n) is 19.8. The van der Waals surface area contributed by atoms with E-state index in [4.69, 9.17) is 42.2 Å². The largest absolute Gasteiger partial charge is 0.472 e. The molecular formula is C75H139O24P. The van der Waals surface area contributed by atoms with Crippen molar-refractivity contribution in [1.29, 1.82) is 0 Å². The number of esters is 3. The molecule has 3 aliphatic rings. The van der Waals surface area contributed by atoms with Crippen molar-refractivity contribution in [2.24, 2.45) is 11.8 Å². The summed E-state index contributed by atoms with van der Waals surface area (Å²) in [5, 5.41) is 110. The van der Waals surface area contributed by atoms with Gasteiger partial charge in [0.05, 0.1) is 13.2 Å². The summed E-state index contributed by atoms with van der Waals surface area (Å²) in [5.74, 6) is -0.611. The van der Waals surface area contributed by atoms with Gasteiger partial charge in [0.25, 0.3) is 0 Å². The molecule has 20 unspecified atom stereocenters. The van der Waals surface area contributed by atoms with Crippen LogP contribution in [-0.4, -0.2) is 204 Å². The van der Waals surface area contributed by atoms with E-state index in [1.807, 2.05) is 0 Å². The second-order valence-corrected chi connectivity index (χ2v) is 30.4. The van der Waals surface area contributed by atoms with Gasteiger partial charge in [-0.05, 0) is 56.8 Å². The van der Waals surface area contributed by atoms with Gasteiger partial charge >= 0.3 is 25.7 Å². The Morgan fingerprint density at radius 1 is 0.410 bits per heavy atom. The van der Waals surface area contributed by atoms with Crippen molar-refractivity contribution in [3.05, 3.63) is 12.2 Å². The van der Waals surface area contributed by atoms with Crippen LogP contribution >= 0.6 is 7.82 Å². The number of ether oxygens (including phenoxy) is 7. The molecule has 0 bridgehead atoms. The van der Waals surface area contributed by atoms with Gasteiger partial charge in [-0.1, -0.05) is 252 Å². The molecule has 11 N–H and O–H groups in total. The first-order valence-corrected chi connectivity index (χ1v) is 40.8. The van der Waals surface area contributed by atoms with E-state index < -0.39 is 156 Å². The molecule has 1 aliphatic carbocycles. The quantitative estimate of drug-likeness (QED) is 0.00886. The van der Waals surface area contributed by atoms with Crippen molar-refractivity contribution in [3.8, 4) is 0 Å². The fourth-order valence-electron chi connectivity index (χ4n) is 13.2. The minimum Gasteiger partial charge on any atom is -0.463 e. The van der Waals surface area contributed by atoms with Crippen LogP contribution in [0.5, 0.6) is 0 Å². The molecule has 2 saturated heterocycles. The third-order valence-corrected chi connectivity index (χ3v) is 20.8. The number of allylic oxidation sites excluding steroid dienone is 2. The van der Waals surface area contributed by atoms with Gasteiger partial charge in [0.1, 0.15) is 98.7 Å². The van der Waals surface area contributed by atoms with Gasteiger partial charge in [-0.3, -0.25) is 23.4 Å². The summed E-state index contributed by atoms with van der Waals surface area (Å²) in [6, 6.07) is 0. The van der Waals surface area contributed by atoms with Gasteiger partial charge in [-0.25, -0.2) is 4.57 Å². The summed E-state index contributed by atoms with van der Waals surface area (Å²) < 4.78 is 65.1. The Labute approximate surface area is 599 Å². The maximum atomic E-state index is 14.4. The van der Waals surface area contributed by atoms with Crippen LogP contribution < -0.4 is 0 Å². The summed E-state index contributed by atoms with van der Waals surface area (Å²) in [6.45, 7) is 8.08. The van der Waals surface area contributed by atoms with E-state index in [2.05, 4.69) is 46.8 Å². The van der Waals surface area contributed by atoms with E-state index in [-0.39, 0.29) is 19.3 Å². The molecule has 2 heterocycles. The molecule has 0 spiro atoms. The minimum absolute atomic E-state index is 0.0288. The van der Waals surface area contributed by atoms with E-state index in [9.17, 15) is 74.9 Å². The van der Waals surface area contributed by atoms with E-state index in [1.165, 1.54) is 135 Å². The number of aliphatic hydroxyl groups excluding tert-OH is 10. The van der Waals surface area contributed by atoms with Crippen molar-refractivity contribution < 1.29 is 117 Å². The first-order chi connectivity index (χ1) is 48.1. The number of carbonyl (C=O) groups excluding carboxylic acids is 3. The van der Waals surface area contributed by atoms with Gasteiger partial charge in [0.15, 0.2) is 18.7 Å². The molecule has 25 heteroatoms. The molecule has 0 aromatic rings. The van der Waals surface area contributed by atoms with Crippen LogP contribution in [0.25, 0.3) is 0 Å². The van der Waals surface area contributed by atoms with Crippen molar-refractivity contribution in [3.63, 3.8) is 0 Å².